The summed E-state index contributed by atoms with van der Waals surface area (Å²) in [6.07, 6.45) is 8.12. The summed E-state index contributed by atoms with van der Waals surface area (Å²) < 4.78 is 0. The molecule has 0 saturated heterocycles. The number of nitrogens with zero attached hydrogens (tertiary/aromatic N) is 2. The minimum absolute atomic E-state index is 0.197. The van der Waals surface area contributed by atoms with Crippen LogP contribution in [0, 0.1) is 12.3 Å². The van der Waals surface area contributed by atoms with Crippen LogP contribution in [0.25, 0.3) is 5.57 Å². The Kier molecular flexibility index (Phi) is 5.57. The van der Waals surface area contributed by atoms with Crippen LogP contribution in [-0.4, -0.2) is 27.3 Å². The van der Waals surface area contributed by atoms with Crippen molar-refractivity contribution in [1.29, 1.82) is 5.41 Å². The molecule has 0 aliphatic heterocycles. The first-order valence-electron chi connectivity index (χ1n) is 7.33. The van der Waals surface area contributed by atoms with Crippen molar-refractivity contribution >= 4 is 29.4 Å². The van der Waals surface area contributed by atoms with Crippen molar-refractivity contribution in [1.82, 2.24) is 9.97 Å². The highest BCUT2D eigenvalue weighted by atomic mass is 16.4. The Morgan fingerprint density at radius 2 is 2.12 bits per heavy atom. The molecule has 2 rings (SSSR count). The van der Waals surface area contributed by atoms with Gasteiger partial charge in [-0.2, -0.15) is 0 Å². The predicted octanol–water partition coefficient (Wildman–Crippen LogP) is 3.84. The molecule has 0 atom stereocenters. The first kappa shape index (κ1) is 17.1. The molecule has 0 unspecified atom stereocenters. The molecule has 6 nitrogen and oxygen atoms in total. The molecule has 0 fully saturated rings. The SMILES string of the molecule is C/C=C(\C=C/C=N)c1ccnc(Nc2cc(C(=O)O)ccc2C)n1. The molecule has 2 aromatic rings. The normalized spacial score (nSPS) is 11.5. The standard InChI is InChI=1S/C18H18N4O2/c1-3-13(5-4-9-19)15-8-10-20-18(21-15)22-16-11-14(17(23)24)7-6-12(16)2/h3-11,19H,1-2H3,(H,23,24)(H,20,21,22)/b5-4-,13-3+,19-9?. The number of hydrogen-bond acceptors (Lipinski definition) is 5. The van der Waals surface area contributed by atoms with Gasteiger partial charge in [-0.15, -0.1) is 0 Å². The number of allylic oxidation sites excluding steroid dienone is 4. The van der Waals surface area contributed by atoms with Crippen LogP contribution in [0.2, 0.25) is 0 Å². The summed E-state index contributed by atoms with van der Waals surface area (Å²) in [4.78, 5) is 19.7. The zero-order valence-electron chi connectivity index (χ0n) is 13.4. The molecule has 1 aromatic heterocycles. The monoisotopic (exact) mass is 322 g/mol. The lowest BCUT2D eigenvalue weighted by Crippen LogP contribution is -2.03. The van der Waals surface area contributed by atoms with Gasteiger partial charge in [-0.25, -0.2) is 14.8 Å². The number of anilines is 2. The van der Waals surface area contributed by atoms with Crippen LogP contribution in [-0.2, 0) is 0 Å². The summed E-state index contributed by atoms with van der Waals surface area (Å²) in [6.45, 7) is 3.77. The minimum atomic E-state index is -0.985. The Morgan fingerprint density at radius 3 is 2.79 bits per heavy atom. The molecule has 0 radical (unpaired) electrons. The zero-order valence-corrected chi connectivity index (χ0v) is 13.4. The van der Waals surface area contributed by atoms with E-state index < -0.39 is 5.97 Å². The molecule has 1 heterocycles. The molecule has 0 bridgehead atoms. The lowest BCUT2D eigenvalue weighted by molar-refractivity contribution is 0.0697. The maximum absolute atomic E-state index is 11.1. The zero-order chi connectivity index (χ0) is 17.5. The summed E-state index contributed by atoms with van der Waals surface area (Å²) in [5.41, 5.74) is 3.30. The van der Waals surface area contributed by atoms with Gasteiger partial charge in [0, 0.05) is 18.1 Å². The van der Waals surface area contributed by atoms with Crippen molar-refractivity contribution in [2.24, 2.45) is 0 Å². The van der Waals surface area contributed by atoms with Gasteiger partial charge in [0.25, 0.3) is 0 Å². The highest BCUT2D eigenvalue weighted by molar-refractivity contribution is 5.89. The molecular formula is C18H18N4O2. The maximum Gasteiger partial charge on any atom is 0.335 e. The number of nitrogens with one attached hydrogen (secondary N) is 2. The summed E-state index contributed by atoms with van der Waals surface area (Å²) in [5.74, 6) is -0.610. The Bertz CT molecular complexity index is 826. The van der Waals surface area contributed by atoms with Crippen molar-refractivity contribution in [2.45, 2.75) is 13.8 Å². The molecule has 0 amide bonds. The van der Waals surface area contributed by atoms with Gasteiger partial charge in [0.05, 0.1) is 11.3 Å². The second-order valence-electron chi connectivity index (χ2n) is 5.00. The third-order valence-electron chi connectivity index (χ3n) is 3.37. The van der Waals surface area contributed by atoms with Crippen molar-refractivity contribution in [3.8, 4) is 0 Å². The Balaban J connectivity index is 2.33. The van der Waals surface area contributed by atoms with Crippen LogP contribution in [0.1, 0.15) is 28.5 Å². The Hall–Kier alpha value is -3.28. The number of hydrogen-bond donors (Lipinski definition) is 3. The Morgan fingerprint density at radius 1 is 1.33 bits per heavy atom. The van der Waals surface area contributed by atoms with E-state index in [0.29, 0.717) is 17.3 Å². The van der Waals surface area contributed by atoms with Gasteiger partial charge in [0.15, 0.2) is 0 Å². The molecule has 0 aliphatic rings. The van der Waals surface area contributed by atoms with Crippen LogP contribution >= 0.6 is 0 Å². The van der Waals surface area contributed by atoms with Crippen molar-refractivity contribution in [3.05, 3.63) is 65.5 Å². The summed E-state index contributed by atoms with van der Waals surface area (Å²) in [5, 5.41) is 19.2. The van der Waals surface area contributed by atoms with E-state index in [2.05, 4.69) is 15.3 Å². The number of benzene rings is 1. The molecule has 6 heteroatoms. The van der Waals surface area contributed by atoms with Crippen molar-refractivity contribution < 1.29 is 9.90 Å². The lowest BCUT2D eigenvalue weighted by atomic mass is 10.1. The van der Waals surface area contributed by atoms with Crippen LogP contribution < -0.4 is 5.32 Å². The molecule has 24 heavy (non-hydrogen) atoms. The average molecular weight is 322 g/mol. The molecule has 122 valence electrons. The summed E-state index contributed by atoms with van der Waals surface area (Å²) in [6, 6.07) is 6.62. The van der Waals surface area contributed by atoms with E-state index in [1.165, 1.54) is 6.21 Å². The van der Waals surface area contributed by atoms with Gasteiger partial charge in [0.1, 0.15) is 0 Å². The van der Waals surface area contributed by atoms with Gasteiger partial charge in [0.2, 0.25) is 5.95 Å². The predicted molar refractivity (Wildman–Crippen MR) is 95.0 cm³/mol. The van der Waals surface area contributed by atoms with Gasteiger partial charge < -0.3 is 15.8 Å². The minimum Gasteiger partial charge on any atom is -0.478 e. The summed E-state index contributed by atoms with van der Waals surface area (Å²) >= 11 is 0. The number of carboxylic acids is 1. The lowest BCUT2D eigenvalue weighted by Gasteiger charge is -2.10. The molecular weight excluding hydrogens is 304 g/mol. The number of aromatic nitrogens is 2. The first-order valence-corrected chi connectivity index (χ1v) is 7.33. The molecule has 3 N–H and O–H groups in total. The van der Waals surface area contributed by atoms with E-state index >= 15 is 0 Å². The Labute approximate surface area is 140 Å². The third kappa shape index (κ3) is 4.13. The van der Waals surface area contributed by atoms with Crippen molar-refractivity contribution in [2.75, 3.05) is 5.32 Å². The van der Waals surface area contributed by atoms with Crippen LogP contribution in [0.5, 0.6) is 0 Å². The molecule has 0 spiro atoms. The molecule has 0 aliphatic carbocycles. The van der Waals surface area contributed by atoms with E-state index in [1.807, 2.05) is 19.9 Å². The highest BCUT2D eigenvalue weighted by Gasteiger charge is 2.08. The smallest absolute Gasteiger partial charge is 0.335 e. The fourth-order valence-electron chi connectivity index (χ4n) is 2.07. The quantitative estimate of drug-likeness (QED) is 0.554. The van der Waals surface area contributed by atoms with Gasteiger partial charge in [-0.3, -0.25) is 0 Å². The van der Waals surface area contributed by atoms with Crippen LogP contribution in [0.15, 0.2) is 48.7 Å². The van der Waals surface area contributed by atoms with Gasteiger partial charge >= 0.3 is 5.97 Å². The highest BCUT2D eigenvalue weighted by Crippen LogP contribution is 2.21. The van der Waals surface area contributed by atoms with E-state index in [4.69, 9.17) is 10.5 Å². The van der Waals surface area contributed by atoms with E-state index in [0.717, 1.165) is 11.1 Å². The number of aryl methyl sites for hydroxylation is 1. The van der Waals surface area contributed by atoms with E-state index in [9.17, 15) is 4.79 Å². The molecule has 1 aromatic carbocycles. The number of carboxylic acid groups (broad SMARTS) is 1. The maximum atomic E-state index is 11.1. The third-order valence-corrected chi connectivity index (χ3v) is 3.37. The first-order chi connectivity index (χ1) is 11.5. The van der Waals surface area contributed by atoms with Gasteiger partial charge in [-0.05, 0) is 49.3 Å². The fourth-order valence-corrected chi connectivity index (χ4v) is 2.07. The van der Waals surface area contributed by atoms with Crippen LogP contribution in [0.3, 0.4) is 0 Å². The van der Waals surface area contributed by atoms with Gasteiger partial charge in [-0.1, -0.05) is 18.2 Å². The largest absolute Gasteiger partial charge is 0.478 e. The second-order valence-corrected chi connectivity index (χ2v) is 5.00. The number of carbonyl (C=O) groups is 1. The average Bonchev–Trinajstić information content (AvgIpc) is 2.58. The number of rotatable bonds is 6. The fraction of sp³-hybridized carbons (Fsp3) is 0.111. The van der Waals surface area contributed by atoms with E-state index in [-0.39, 0.29) is 5.56 Å². The second kappa shape index (κ2) is 7.82. The topological polar surface area (TPSA) is 99.0 Å². The van der Waals surface area contributed by atoms with Crippen LogP contribution in [0.4, 0.5) is 11.6 Å². The summed E-state index contributed by atoms with van der Waals surface area (Å²) in [7, 11) is 0. The van der Waals surface area contributed by atoms with Crippen molar-refractivity contribution in [3.63, 3.8) is 0 Å². The molecule has 0 saturated carbocycles. The number of aromatic carboxylic acids is 1. The van der Waals surface area contributed by atoms with E-state index in [1.54, 1.807) is 42.6 Å².